The first kappa shape index (κ1) is 15.3. The summed E-state index contributed by atoms with van der Waals surface area (Å²) in [5.74, 6) is 0.954. The van der Waals surface area contributed by atoms with Crippen LogP contribution in [-0.4, -0.2) is 49.3 Å². The number of carbonyl (C=O) groups is 1. The number of hydrogen-bond acceptors (Lipinski definition) is 4. The van der Waals surface area contributed by atoms with Gasteiger partial charge in [0.25, 0.3) is 0 Å². The summed E-state index contributed by atoms with van der Waals surface area (Å²) in [6.07, 6.45) is 1.01. The largest absolute Gasteiger partial charge is 0.493 e. The Morgan fingerprint density at radius 2 is 2.18 bits per heavy atom. The van der Waals surface area contributed by atoms with Crippen LogP contribution in [0, 0.1) is 0 Å². The van der Waals surface area contributed by atoms with Crippen LogP contribution in [0.1, 0.15) is 31.9 Å². The van der Waals surface area contributed by atoms with E-state index in [0.717, 1.165) is 24.3 Å². The molecule has 3 unspecified atom stereocenters. The van der Waals surface area contributed by atoms with Crippen molar-refractivity contribution in [1.29, 1.82) is 0 Å². The highest BCUT2D eigenvalue weighted by Crippen LogP contribution is 2.31. The molecule has 22 heavy (non-hydrogen) atoms. The van der Waals surface area contributed by atoms with Gasteiger partial charge in [-0.15, -0.1) is 0 Å². The van der Waals surface area contributed by atoms with Crippen LogP contribution in [0.3, 0.4) is 0 Å². The molecule has 0 radical (unpaired) electrons. The van der Waals surface area contributed by atoms with Crippen molar-refractivity contribution >= 4 is 5.91 Å². The minimum absolute atomic E-state index is 0.0474. The van der Waals surface area contributed by atoms with Crippen LogP contribution in [0.25, 0.3) is 0 Å². The Balaban J connectivity index is 1.60. The Hall–Kier alpha value is -1.59. The number of benzene rings is 1. The number of fused-ring (bicyclic) bond motifs is 1. The Labute approximate surface area is 131 Å². The fourth-order valence-corrected chi connectivity index (χ4v) is 3.11. The summed E-state index contributed by atoms with van der Waals surface area (Å²) in [6.45, 7) is 6.71. The average Bonchev–Trinajstić information content (AvgIpc) is 2.51. The molecular weight excluding hydrogens is 280 g/mol. The van der Waals surface area contributed by atoms with Crippen molar-refractivity contribution in [2.24, 2.45) is 0 Å². The SMILES string of the molecule is CC1CN(CC(=O)NC2CCOc3ccccc32)C(C)CO1. The van der Waals surface area contributed by atoms with Gasteiger partial charge in [-0.1, -0.05) is 18.2 Å². The number of para-hydroxylation sites is 1. The molecule has 1 saturated heterocycles. The van der Waals surface area contributed by atoms with Gasteiger partial charge < -0.3 is 14.8 Å². The zero-order chi connectivity index (χ0) is 15.5. The molecule has 3 atom stereocenters. The molecule has 2 heterocycles. The number of ether oxygens (including phenoxy) is 2. The summed E-state index contributed by atoms with van der Waals surface area (Å²) in [6, 6.07) is 8.26. The molecule has 0 aliphatic carbocycles. The first-order chi connectivity index (χ1) is 10.6. The number of nitrogens with one attached hydrogen (secondary N) is 1. The third kappa shape index (κ3) is 3.42. The molecule has 1 aromatic carbocycles. The number of carbonyl (C=O) groups excluding carboxylic acids is 1. The molecule has 1 amide bonds. The zero-order valence-corrected chi connectivity index (χ0v) is 13.2. The summed E-state index contributed by atoms with van der Waals surface area (Å²) in [5, 5.41) is 3.16. The van der Waals surface area contributed by atoms with E-state index in [1.807, 2.05) is 31.2 Å². The van der Waals surface area contributed by atoms with E-state index in [-0.39, 0.29) is 24.1 Å². The number of morpholine rings is 1. The van der Waals surface area contributed by atoms with Gasteiger partial charge in [0.15, 0.2) is 0 Å². The van der Waals surface area contributed by atoms with Gasteiger partial charge >= 0.3 is 0 Å². The van der Waals surface area contributed by atoms with Crippen molar-refractivity contribution in [2.75, 3.05) is 26.3 Å². The van der Waals surface area contributed by atoms with E-state index in [0.29, 0.717) is 19.8 Å². The summed E-state index contributed by atoms with van der Waals surface area (Å²) in [4.78, 5) is 14.6. The van der Waals surface area contributed by atoms with Crippen LogP contribution in [0.15, 0.2) is 24.3 Å². The first-order valence-electron chi connectivity index (χ1n) is 8.00. The smallest absolute Gasteiger partial charge is 0.234 e. The van der Waals surface area contributed by atoms with Crippen LogP contribution in [-0.2, 0) is 9.53 Å². The van der Waals surface area contributed by atoms with Crippen LogP contribution < -0.4 is 10.1 Å². The number of amides is 1. The maximum Gasteiger partial charge on any atom is 0.234 e. The predicted molar refractivity (Wildman–Crippen MR) is 83.9 cm³/mol. The highest BCUT2D eigenvalue weighted by Gasteiger charge is 2.27. The van der Waals surface area contributed by atoms with E-state index >= 15 is 0 Å². The van der Waals surface area contributed by atoms with Gasteiger partial charge in [-0.05, 0) is 19.9 Å². The standard InChI is InChI=1S/C17H24N2O3/c1-12-11-22-13(2)9-19(12)10-17(20)18-15-7-8-21-16-6-4-3-5-14(15)16/h3-6,12-13,15H,7-11H2,1-2H3,(H,18,20). The molecule has 0 aromatic heterocycles. The summed E-state index contributed by atoms with van der Waals surface area (Å²) >= 11 is 0. The molecule has 1 aromatic rings. The van der Waals surface area contributed by atoms with Crippen LogP contribution in [0.4, 0.5) is 0 Å². The highest BCUT2D eigenvalue weighted by atomic mass is 16.5. The van der Waals surface area contributed by atoms with Gasteiger partial charge in [-0.25, -0.2) is 0 Å². The van der Waals surface area contributed by atoms with Gasteiger partial charge in [-0.2, -0.15) is 0 Å². The van der Waals surface area contributed by atoms with Crippen molar-refractivity contribution in [3.05, 3.63) is 29.8 Å². The second-order valence-electron chi connectivity index (χ2n) is 6.22. The fraction of sp³-hybridized carbons (Fsp3) is 0.588. The van der Waals surface area contributed by atoms with E-state index in [9.17, 15) is 4.79 Å². The quantitative estimate of drug-likeness (QED) is 0.924. The fourth-order valence-electron chi connectivity index (χ4n) is 3.11. The Morgan fingerprint density at radius 3 is 3.05 bits per heavy atom. The molecular formula is C17H24N2O3. The minimum atomic E-state index is 0.0474. The lowest BCUT2D eigenvalue weighted by Gasteiger charge is -2.36. The van der Waals surface area contributed by atoms with Gasteiger partial charge in [0.05, 0.1) is 31.9 Å². The van der Waals surface area contributed by atoms with E-state index in [2.05, 4.69) is 17.1 Å². The number of rotatable bonds is 3. The molecule has 0 saturated carbocycles. The number of nitrogens with zero attached hydrogens (tertiary/aromatic N) is 1. The topological polar surface area (TPSA) is 50.8 Å². The van der Waals surface area contributed by atoms with Crippen LogP contribution >= 0.6 is 0 Å². The lowest BCUT2D eigenvalue weighted by atomic mass is 10.0. The molecule has 2 aliphatic rings. The average molecular weight is 304 g/mol. The Kier molecular flexibility index (Phi) is 4.64. The molecule has 1 N–H and O–H groups in total. The lowest BCUT2D eigenvalue weighted by molar-refractivity contribution is -0.126. The maximum absolute atomic E-state index is 12.4. The van der Waals surface area contributed by atoms with E-state index in [1.54, 1.807) is 0 Å². The third-order valence-corrected chi connectivity index (χ3v) is 4.38. The molecule has 0 spiro atoms. The highest BCUT2D eigenvalue weighted by molar-refractivity contribution is 5.78. The molecule has 1 fully saturated rings. The maximum atomic E-state index is 12.4. The van der Waals surface area contributed by atoms with Crippen molar-refractivity contribution < 1.29 is 14.3 Å². The first-order valence-corrected chi connectivity index (χ1v) is 8.00. The second kappa shape index (κ2) is 6.67. The third-order valence-electron chi connectivity index (χ3n) is 4.38. The Morgan fingerprint density at radius 1 is 1.36 bits per heavy atom. The second-order valence-corrected chi connectivity index (χ2v) is 6.22. The molecule has 5 nitrogen and oxygen atoms in total. The summed E-state index contributed by atoms with van der Waals surface area (Å²) < 4.78 is 11.2. The van der Waals surface area contributed by atoms with Crippen molar-refractivity contribution in [3.63, 3.8) is 0 Å². The van der Waals surface area contributed by atoms with Crippen molar-refractivity contribution in [3.8, 4) is 5.75 Å². The van der Waals surface area contributed by atoms with E-state index in [4.69, 9.17) is 9.47 Å². The van der Waals surface area contributed by atoms with E-state index in [1.165, 1.54) is 0 Å². The summed E-state index contributed by atoms with van der Waals surface area (Å²) in [5.41, 5.74) is 1.07. The van der Waals surface area contributed by atoms with Gasteiger partial charge in [0, 0.05) is 24.6 Å². The zero-order valence-electron chi connectivity index (χ0n) is 13.2. The van der Waals surface area contributed by atoms with Crippen LogP contribution in [0.5, 0.6) is 5.75 Å². The molecule has 0 bridgehead atoms. The molecule has 5 heteroatoms. The predicted octanol–water partition coefficient (Wildman–Crippen LogP) is 1.74. The van der Waals surface area contributed by atoms with Crippen molar-refractivity contribution in [2.45, 2.75) is 38.5 Å². The van der Waals surface area contributed by atoms with Gasteiger partial charge in [0.1, 0.15) is 5.75 Å². The molecule has 120 valence electrons. The monoisotopic (exact) mass is 304 g/mol. The molecule has 2 aliphatic heterocycles. The van der Waals surface area contributed by atoms with Gasteiger partial charge in [0.2, 0.25) is 5.91 Å². The minimum Gasteiger partial charge on any atom is -0.493 e. The normalized spacial score (nSPS) is 28.5. The van der Waals surface area contributed by atoms with Crippen molar-refractivity contribution in [1.82, 2.24) is 10.2 Å². The summed E-state index contributed by atoms with van der Waals surface area (Å²) in [7, 11) is 0. The Bertz CT molecular complexity index is 534. The molecule has 3 rings (SSSR count). The lowest BCUT2D eigenvalue weighted by Crippen LogP contribution is -2.51. The van der Waals surface area contributed by atoms with E-state index < -0.39 is 0 Å². The van der Waals surface area contributed by atoms with Gasteiger partial charge in [-0.3, -0.25) is 9.69 Å². The van der Waals surface area contributed by atoms with Crippen LogP contribution in [0.2, 0.25) is 0 Å². The number of hydrogen-bond donors (Lipinski definition) is 1.